The van der Waals surface area contributed by atoms with Crippen molar-refractivity contribution >= 4 is 40.9 Å². The minimum absolute atomic E-state index is 0. The molecule has 1 aromatic carbocycles. The van der Waals surface area contributed by atoms with Gasteiger partial charge in [-0.2, -0.15) is 0 Å². The second kappa shape index (κ2) is 6.41. The molecule has 2 aliphatic heterocycles. The van der Waals surface area contributed by atoms with E-state index in [1.165, 1.54) is 6.42 Å². The second-order valence-electron chi connectivity index (χ2n) is 5.13. The Bertz CT molecular complexity index is 469. The average Bonchev–Trinajstić information content (AvgIpc) is 2.85. The fourth-order valence-corrected chi connectivity index (χ4v) is 3.66. The Kier molecular flexibility index (Phi) is 5.09. The van der Waals surface area contributed by atoms with Crippen LogP contribution in [0.25, 0.3) is 0 Å². The Hall–Kier alpha value is -0.330. The Labute approximate surface area is 133 Å². The molecule has 1 N–H and O–H groups in total. The zero-order valence-electron chi connectivity index (χ0n) is 10.6. The molecule has 104 valence electrons. The summed E-state index contributed by atoms with van der Waals surface area (Å²) in [6.45, 7) is 2.92. The van der Waals surface area contributed by atoms with Crippen molar-refractivity contribution in [2.45, 2.75) is 18.9 Å². The number of rotatable bonds is 1. The minimum atomic E-state index is 0. The van der Waals surface area contributed by atoms with Gasteiger partial charge in [-0.1, -0.05) is 12.1 Å². The van der Waals surface area contributed by atoms with E-state index in [1.807, 2.05) is 29.2 Å². The highest BCUT2D eigenvalue weighted by atomic mass is 127. The molecule has 0 saturated carbocycles. The Morgan fingerprint density at radius 1 is 1.32 bits per heavy atom. The van der Waals surface area contributed by atoms with Gasteiger partial charge in [0.1, 0.15) is 0 Å². The summed E-state index contributed by atoms with van der Waals surface area (Å²) in [5, 5.41) is 3.53. The minimum Gasteiger partial charge on any atom is -0.338 e. The smallest absolute Gasteiger partial charge is 0.254 e. The number of fused-ring (bicyclic) bond motifs is 1. The van der Waals surface area contributed by atoms with Crippen LogP contribution in [-0.2, 0) is 0 Å². The van der Waals surface area contributed by atoms with Crippen LogP contribution < -0.4 is 5.32 Å². The van der Waals surface area contributed by atoms with E-state index in [9.17, 15) is 4.79 Å². The number of likely N-dealkylation sites (tertiary alicyclic amines) is 1. The van der Waals surface area contributed by atoms with E-state index in [-0.39, 0.29) is 18.3 Å². The van der Waals surface area contributed by atoms with Crippen LogP contribution >= 0.6 is 35.0 Å². The van der Waals surface area contributed by atoms with Gasteiger partial charge in [-0.3, -0.25) is 4.79 Å². The molecule has 2 fully saturated rings. The maximum atomic E-state index is 12.5. The molecule has 0 aromatic heterocycles. The van der Waals surface area contributed by atoms with Crippen LogP contribution in [0.1, 0.15) is 23.2 Å². The summed E-state index contributed by atoms with van der Waals surface area (Å²) in [7, 11) is 0. The number of nitrogens with zero attached hydrogens (tertiary/aromatic N) is 1. The zero-order chi connectivity index (χ0) is 12.5. The highest BCUT2D eigenvalue weighted by Crippen LogP contribution is 2.26. The first kappa shape index (κ1) is 15.1. The van der Waals surface area contributed by atoms with E-state index in [2.05, 4.69) is 27.9 Å². The van der Waals surface area contributed by atoms with Crippen molar-refractivity contribution in [2.75, 3.05) is 19.6 Å². The third-order valence-corrected chi connectivity index (χ3v) is 4.99. The number of piperidine rings is 1. The van der Waals surface area contributed by atoms with Crippen molar-refractivity contribution in [3.8, 4) is 0 Å². The second-order valence-corrected chi connectivity index (χ2v) is 6.29. The molecule has 0 radical (unpaired) electrons. The van der Waals surface area contributed by atoms with Gasteiger partial charge in [0.15, 0.2) is 0 Å². The van der Waals surface area contributed by atoms with Crippen molar-refractivity contribution in [3.05, 3.63) is 33.4 Å². The molecule has 2 atom stereocenters. The van der Waals surface area contributed by atoms with Gasteiger partial charge in [0, 0.05) is 22.7 Å². The average molecular weight is 393 g/mol. The van der Waals surface area contributed by atoms with Gasteiger partial charge < -0.3 is 10.2 Å². The molecule has 1 amide bonds. The lowest BCUT2D eigenvalue weighted by molar-refractivity contribution is 0.0661. The fraction of sp³-hybridized carbons (Fsp3) is 0.500. The first-order valence-corrected chi connectivity index (χ1v) is 7.61. The lowest BCUT2D eigenvalue weighted by Gasteiger charge is -2.35. The van der Waals surface area contributed by atoms with Crippen LogP contribution in [0.4, 0.5) is 0 Å². The van der Waals surface area contributed by atoms with Crippen LogP contribution in [0.3, 0.4) is 0 Å². The third-order valence-electron chi connectivity index (χ3n) is 4.05. The van der Waals surface area contributed by atoms with Crippen molar-refractivity contribution < 1.29 is 4.79 Å². The van der Waals surface area contributed by atoms with Gasteiger partial charge in [0.2, 0.25) is 0 Å². The normalized spacial score (nSPS) is 25.6. The lowest BCUT2D eigenvalue weighted by atomic mass is 9.93. The zero-order valence-corrected chi connectivity index (χ0v) is 13.6. The maximum Gasteiger partial charge on any atom is 0.254 e. The monoisotopic (exact) mass is 392 g/mol. The topological polar surface area (TPSA) is 32.3 Å². The molecule has 2 unspecified atom stereocenters. The first-order chi connectivity index (χ1) is 8.75. The molecule has 3 nitrogen and oxygen atoms in total. The van der Waals surface area contributed by atoms with Gasteiger partial charge in [0.25, 0.3) is 5.91 Å². The molecular formula is C14H18ClIN2O. The Morgan fingerprint density at radius 2 is 2.11 bits per heavy atom. The van der Waals surface area contributed by atoms with E-state index in [4.69, 9.17) is 0 Å². The molecule has 0 spiro atoms. The number of hydrogen-bond donors (Lipinski definition) is 1. The molecule has 0 aliphatic carbocycles. The van der Waals surface area contributed by atoms with E-state index in [0.29, 0.717) is 12.0 Å². The molecule has 19 heavy (non-hydrogen) atoms. The maximum absolute atomic E-state index is 12.5. The van der Waals surface area contributed by atoms with E-state index in [1.54, 1.807) is 0 Å². The quantitative estimate of drug-likeness (QED) is 0.745. The molecule has 2 saturated heterocycles. The summed E-state index contributed by atoms with van der Waals surface area (Å²) in [5.74, 6) is 0.856. The number of benzene rings is 1. The number of hydrogen-bond acceptors (Lipinski definition) is 2. The Morgan fingerprint density at radius 3 is 2.89 bits per heavy atom. The van der Waals surface area contributed by atoms with Crippen molar-refractivity contribution in [3.63, 3.8) is 0 Å². The van der Waals surface area contributed by atoms with Crippen LogP contribution in [0, 0.1) is 9.49 Å². The molecule has 1 aromatic rings. The highest BCUT2D eigenvalue weighted by molar-refractivity contribution is 14.1. The molecule has 2 heterocycles. The highest BCUT2D eigenvalue weighted by Gasteiger charge is 2.34. The standard InChI is InChI=1S/C14H17IN2O.ClH/c15-12-4-2-1-3-11(12)14(18)17-8-6-13-10(9-17)5-7-16-13;/h1-4,10,13,16H,5-9H2;1H. The van der Waals surface area contributed by atoms with Gasteiger partial charge in [-0.15, -0.1) is 12.4 Å². The Balaban J connectivity index is 0.00000133. The largest absolute Gasteiger partial charge is 0.338 e. The van der Waals surface area contributed by atoms with Gasteiger partial charge >= 0.3 is 0 Å². The van der Waals surface area contributed by atoms with Crippen LogP contribution in [0.2, 0.25) is 0 Å². The van der Waals surface area contributed by atoms with E-state index in [0.717, 1.165) is 35.2 Å². The number of carbonyl (C=O) groups excluding carboxylic acids is 1. The van der Waals surface area contributed by atoms with Gasteiger partial charge in [-0.05, 0) is 60.0 Å². The summed E-state index contributed by atoms with van der Waals surface area (Å²) in [4.78, 5) is 14.5. The molecular weight excluding hydrogens is 375 g/mol. The van der Waals surface area contributed by atoms with Gasteiger partial charge in [0.05, 0.1) is 5.56 Å². The molecule has 2 aliphatic rings. The number of halogens is 2. The van der Waals surface area contributed by atoms with Crippen molar-refractivity contribution in [1.82, 2.24) is 10.2 Å². The SMILES string of the molecule is Cl.O=C(c1ccccc1I)N1CCC2NCCC2C1. The van der Waals surface area contributed by atoms with Crippen molar-refractivity contribution in [2.24, 2.45) is 5.92 Å². The summed E-state index contributed by atoms with van der Waals surface area (Å²) in [5.41, 5.74) is 0.850. The van der Waals surface area contributed by atoms with Crippen molar-refractivity contribution in [1.29, 1.82) is 0 Å². The first-order valence-electron chi connectivity index (χ1n) is 6.53. The van der Waals surface area contributed by atoms with Crippen LogP contribution in [0.5, 0.6) is 0 Å². The molecule has 3 rings (SSSR count). The van der Waals surface area contributed by atoms with E-state index >= 15 is 0 Å². The summed E-state index contributed by atoms with van der Waals surface area (Å²) in [6, 6.07) is 8.50. The molecule has 0 bridgehead atoms. The number of carbonyl (C=O) groups is 1. The summed E-state index contributed by atoms with van der Waals surface area (Å²) in [6.07, 6.45) is 2.31. The fourth-order valence-electron chi connectivity index (χ4n) is 3.04. The van der Waals surface area contributed by atoms with Crippen LogP contribution in [-0.4, -0.2) is 36.5 Å². The number of nitrogens with one attached hydrogen (secondary N) is 1. The van der Waals surface area contributed by atoms with E-state index < -0.39 is 0 Å². The summed E-state index contributed by atoms with van der Waals surface area (Å²) >= 11 is 2.24. The summed E-state index contributed by atoms with van der Waals surface area (Å²) < 4.78 is 1.05. The lowest BCUT2D eigenvalue weighted by Crippen LogP contribution is -2.47. The third kappa shape index (κ3) is 3.06. The predicted octanol–water partition coefficient (Wildman–Crippen LogP) is 2.54. The van der Waals surface area contributed by atoms with Gasteiger partial charge in [-0.25, -0.2) is 0 Å². The predicted molar refractivity (Wildman–Crippen MR) is 86.8 cm³/mol. The van der Waals surface area contributed by atoms with Crippen LogP contribution in [0.15, 0.2) is 24.3 Å². The molecule has 5 heteroatoms. The number of amides is 1.